The maximum Gasteiger partial charge on any atom is 0.108 e. The Kier molecular flexibility index (Phi) is 5.67. The minimum Gasteiger partial charge on any atom is -0.301 e. The fraction of sp³-hybridized carbons (Fsp3) is 0.917. The molecule has 0 amide bonds. The van der Waals surface area contributed by atoms with Crippen LogP contribution in [-0.2, 0) is 0 Å². The van der Waals surface area contributed by atoms with Crippen molar-refractivity contribution < 1.29 is 0 Å². The number of nitriles is 1. The molecule has 1 N–H and O–H groups in total. The van der Waals surface area contributed by atoms with Gasteiger partial charge in [-0.05, 0) is 39.3 Å². The number of nitrogens with zero attached hydrogens (tertiary/aromatic N) is 2. The predicted molar refractivity (Wildman–Crippen MR) is 62.6 cm³/mol. The average molecular weight is 209 g/mol. The van der Waals surface area contributed by atoms with Gasteiger partial charge in [-0.25, -0.2) is 0 Å². The van der Waals surface area contributed by atoms with Gasteiger partial charge in [0, 0.05) is 12.6 Å². The van der Waals surface area contributed by atoms with Gasteiger partial charge in [0.25, 0.3) is 0 Å². The lowest BCUT2D eigenvalue weighted by molar-refractivity contribution is 0.153. The van der Waals surface area contributed by atoms with Crippen molar-refractivity contribution in [1.82, 2.24) is 10.2 Å². The van der Waals surface area contributed by atoms with Crippen LogP contribution in [0.5, 0.6) is 0 Å². The Bertz CT molecular complexity index is 209. The van der Waals surface area contributed by atoms with Gasteiger partial charge >= 0.3 is 0 Å². The Balaban J connectivity index is 2.33. The molecule has 0 saturated carbocycles. The van der Waals surface area contributed by atoms with Crippen molar-refractivity contribution in [3.05, 3.63) is 0 Å². The molecule has 2 unspecified atom stereocenters. The Labute approximate surface area is 93.5 Å². The van der Waals surface area contributed by atoms with Crippen LogP contribution in [0.1, 0.15) is 39.5 Å². The van der Waals surface area contributed by atoms with Crippen LogP contribution in [-0.4, -0.2) is 36.6 Å². The summed E-state index contributed by atoms with van der Waals surface area (Å²) < 4.78 is 0. The van der Waals surface area contributed by atoms with Crippen molar-refractivity contribution in [2.45, 2.75) is 51.6 Å². The average Bonchev–Trinajstić information content (AvgIpc) is 2.26. The zero-order valence-corrected chi connectivity index (χ0v) is 10.00. The van der Waals surface area contributed by atoms with Crippen molar-refractivity contribution >= 4 is 0 Å². The summed E-state index contributed by atoms with van der Waals surface area (Å²) >= 11 is 0. The van der Waals surface area contributed by atoms with Gasteiger partial charge in [0.2, 0.25) is 0 Å². The van der Waals surface area contributed by atoms with E-state index in [0.29, 0.717) is 6.04 Å². The number of hydrogen-bond donors (Lipinski definition) is 1. The number of nitrogens with one attached hydrogen (secondary N) is 1. The van der Waals surface area contributed by atoms with Crippen LogP contribution in [0.3, 0.4) is 0 Å². The van der Waals surface area contributed by atoms with Gasteiger partial charge in [-0.2, -0.15) is 5.26 Å². The van der Waals surface area contributed by atoms with Gasteiger partial charge in [0.1, 0.15) is 6.04 Å². The number of likely N-dealkylation sites (tertiary alicyclic amines) is 1. The molecule has 0 spiro atoms. The van der Waals surface area contributed by atoms with E-state index >= 15 is 0 Å². The van der Waals surface area contributed by atoms with Gasteiger partial charge in [0.05, 0.1) is 6.07 Å². The Hall–Kier alpha value is -0.590. The van der Waals surface area contributed by atoms with Crippen molar-refractivity contribution in [3.63, 3.8) is 0 Å². The highest BCUT2D eigenvalue weighted by Gasteiger charge is 2.20. The fourth-order valence-electron chi connectivity index (χ4n) is 2.13. The second-order valence-corrected chi connectivity index (χ2v) is 4.48. The summed E-state index contributed by atoms with van der Waals surface area (Å²) in [5.41, 5.74) is 0. The lowest BCUT2D eigenvalue weighted by Crippen LogP contribution is -2.46. The standard InChI is InChI=1S/C12H23N3/c1-3-7-14-12(9-13)10-15-8-5-4-6-11(15)2/h11-12,14H,3-8,10H2,1-2H3. The molecule has 1 fully saturated rings. The smallest absolute Gasteiger partial charge is 0.108 e. The summed E-state index contributed by atoms with van der Waals surface area (Å²) in [6, 6.07) is 3.01. The highest BCUT2D eigenvalue weighted by atomic mass is 15.2. The van der Waals surface area contributed by atoms with Crippen LogP contribution in [0.2, 0.25) is 0 Å². The van der Waals surface area contributed by atoms with E-state index in [9.17, 15) is 0 Å². The third-order valence-corrected chi connectivity index (χ3v) is 3.15. The zero-order valence-electron chi connectivity index (χ0n) is 10.00. The largest absolute Gasteiger partial charge is 0.301 e. The SMILES string of the molecule is CCCNC(C#N)CN1CCCCC1C. The molecule has 0 aromatic heterocycles. The molecule has 3 nitrogen and oxygen atoms in total. The molecule has 1 saturated heterocycles. The molecule has 1 aliphatic rings. The minimum absolute atomic E-state index is 0.00509. The molecular formula is C12H23N3. The summed E-state index contributed by atoms with van der Waals surface area (Å²) in [6.07, 6.45) is 5.01. The summed E-state index contributed by atoms with van der Waals surface area (Å²) in [5.74, 6) is 0. The van der Waals surface area contributed by atoms with Crippen LogP contribution >= 0.6 is 0 Å². The van der Waals surface area contributed by atoms with Crippen molar-refractivity contribution in [1.29, 1.82) is 5.26 Å². The van der Waals surface area contributed by atoms with E-state index in [1.54, 1.807) is 0 Å². The van der Waals surface area contributed by atoms with Crippen molar-refractivity contribution in [2.75, 3.05) is 19.6 Å². The Morgan fingerprint density at radius 2 is 2.33 bits per heavy atom. The molecule has 0 aliphatic carbocycles. The van der Waals surface area contributed by atoms with Crippen LogP contribution in [0.4, 0.5) is 0 Å². The molecule has 3 heteroatoms. The van der Waals surface area contributed by atoms with Crippen molar-refractivity contribution in [3.8, 4) is 6.07 Å². The van der Waals surface area contributed by atoms with Gasteiger partial charge in [-0.15, -0.1) is 0 Å². The molecular weight excluding hydrogens is 186 g/mol. The maximum absolute atomic E-state index is 9.03. The third-order valence-electron chi connectivity index (χ3n) is 3.15. The topological polar surface area (TPSA) is 39.1 Å². The second-order valence-electron chi connectivity index (χ2n) is 4.48. The quantitative estimate of drug-likeness (QED) is 0.750. The van der Waals surface area contributed by atoms with Crippen molar-refractivity contribution in [2.24, 2.45) is 0 Å². The van der Waals surface area contributed by atoms with Crippen LogP contribution < -0.4 is 5.32 Å². The molecule has 0 aromatic rings. The summed E-state index contributed by atoms with van der Waals surface area (Å²) in [5, 5.41) is 12.3. The summed E-state index contributed by atoms with van der Waals surface area (Å²) in [4.78, 5) is 2.44. The third kappa shape index (κ3) is 4.19. The predicted octanol–water partition coefficient (Wildman–Crippen LogP) is 1.75. The summed E-state index contributed by atoms with van der Waals surface area (Å²) in [6.45, 7) is 7.39. The molecule has 0 aromatic carbocycles. The lowest BCUT2D eigenvalue weighted by atomic mass is 10.0. The molecule has 0 bridgehead atoms. The van der Waals surface area contributed by atoms with Gasteiger partial charge < -0.3 is 5.32 Å². The monoisotopic (exact) mass is 209 g/mol. The fourth-order valence-corrected chi connectivity index (χ4v) is 2.13. The molecule has 86 valence electrons. The second kappa shape index (κ2) is 6.81. The van der Waals surface area contributed by atoms with E-state index in [1.807, 2.05) is 0 Å². The first-order valence-electron chi connectivity index (χ1n) is 6.15. The first-order chi connectivity index (χ1) is 7.27. The van der Waals surface area contributed by atoms with E-state index in [-0.39, 0.29) is 6.04 Å². The maximum atomic E-state index is 9.03. The first-order valence-corrected chi connectivity index (χ1v) is 6.15. The van der Waals surface area contributed by atoms with Crippen LogP contribution in [0, 0.1) is 11.3 Å². The highest BCUT2D eigenvalue weighted by Crippen LogP contribution is 2.16. The minimum atomic E-state index is 0.00509. The van der Waals surface area contributed by atoms with Crippen LogP contribution in [0.25, 0.3) is 0 Å². The van der Waals surface area contributed by atoms with E-state index in [4.69, 9.17) is 5.26 Å². The van der Waals surface area contributed by atoms with Gasteiger partial charge in [0.15, 0.2) is 0 Å². The first kappa shape index (κ1) is 12.5. The normalized spacial score (nSPS) is 24.7. The lowest BCUT2D eigenvalue weighted by Gasteiger charge is -2.34. The number of rotatable bonds is 5. The number of piperidine rings is 1. The highest BCUT2D eigenvalue weighted by molar-refractivity contribution is 4.93. The molecule has 1 heterocycles. The molecule has 15 heavy (non-hydrogen) atoms. The van der Waals surface area contributed by atoms with Crippen LogP contribution in [0.15, 0.2) is 0 Å². The molecule has 0 radical (unpaired) electrons. The molecule has 1 aliphatic heterocycles. The van der Waals surface area contributed by atoms with E-state index in [2.05, 4.69) is 30.1 Å². The van der Waals surface area contributed by atoms with E-state index in [0.717, 1.165) is 26.1 Å². The molecule has 1 rings (SSSR count). The van der Waals surface area contributed by atoms with E-state index < -0.39 is 0 Å². The zero-order chi connectivity index (χ0) is 11.1. The van der Waals surface area contributed by atoms with Gasteiger partial charge in [-0.1, -0.05) is 13.3 Å². The van der Waals surface area contributed by atoms with Gasteiger partial charge in [-0.3, -0.25) is 4.90 Å². The van der Waals surface area contributed by atoms with E-state index in [1.165, 1.54) is 19.3 Å². The Morgan fingerprint density at radius 3 is 2.93 bits per heavy atom. The number of hydrogen-bond acceptors (Lipinski definition) is 3. The Morgan fingerprint density at radius 1 is 1.53 bits per heavy atom. The molecule has 2 atom stereocenters. The summed E-state index contributed by atoms with van der Waals surface area (Å²) in [7, 11) is 0.